The van der Waals surface area contributed by atoms with Gasteiger partial charge in [0.05, 0.1) is 11.1 Å². The van der Waals surface area contributed by atoms with E-state index >= 15 is 0 Å². The van der Waals surface area contributed by atoms with Crippen LogP contribution in [0.2, 0.25) is 0 Å². The molecule has 0 saturated carbocycles. The van der Waals surface area contributed by atoms with E-state index in [2.05, 4.69) is 45.8 Å². The fourth-order valence-electron chi connectivity index (χ4n) is 3.54. The lowest BCUT2D eigenvalue weighted by Crippen LogP contribution is -2.13. The fourth-order valence-corrected chi connectivity index (χ4v) is 4.46. The summed E-state index contributed by atoms with van der Waals surface area (Å²) in [5.41, 5.74) is 5.12. The van der Waals surface area contributed by atoms with Crippen LogP contribution in [-0.4, -0.2) is 9.88 Å². The third-order valence-electron chi connectivity index (χ3n) is 4.73. The van der Waals surface area contributed by atoms with Crippen molar-refractivity contribution in [2.45, 2.75) is 11.4 Å². The van der Waals surface area contributed by atoms with Gasteiger partial charge in [0.1, 0.15) is 0 Å². The predicted molar refractivity (Wildman–Crippen MR) is 106 cm³/mol. The Morgan fingerprint density at radius 1 is 0.846 bits per heavy atom. The zero-order valence-corrected chi connectivity index (χ0v) is 14.8. The van der Waals surface area contributed by atoms with Gasteiger partial charge in [-0.15, -0.1) is 0 Å². The maximum atomic E-state index is 12.4. The van der Waals surface area contributed by atoms with Gasteiger partial charge in [0, 0.05) is 28.6 Å². The first-order chi connectivity index (χ1) is 12.8. The van der Waals surface area contributed by atoms with Crippen LogP contribution < -0.4 is 5.32 Å². The first-order valence-electron chi connectivity index (χ1n) is 8.55. The number of aromatic nitrogens is 1. The van der Waals surface area contributed by atoms with Crippen molar-refractivity contribution in [3.63, 3.8) is 0 Å². The standard InChI is InChI=1S/C22H16N2OS/c25-22-21-15(13-23-22)7-6-11-18(21)19-14-24(20-12-5-4-10-17(19)20)26-16-8-2-1-3-9-16/h1-12,14H,13H2,(H,23,25). The molecule has 4 heteroatoms. The number of amides is 1. The highest BCUT2D eigenvalue weighted by molar-refractivity contribution is 7.98. The number of fused-ring (bicyclic) bond motifs is 2. The van der Waals surface area contributed by atoms with E-state index in [1.54, 1.807) is 11.9 Å². The van der Waals surface area contributed by atoms with Gasteiger partial charge in [0.2, 0.25) is 0 Å². The van der Waals surface area contributed by atoms with Gasteiger partial charge in [-0.1, -0.05) is 54.6 Å². The van der Waals surface area contributed by atoms with E-state index < -0.39 is 0 Å². The number of hydrogen-bond donors (Lipinski definition) is 1. The lowest BCUT2D eigenvalue weighted by atomic mass is 9.96. The number of benzene rings is 3. The zero-order chi connectivity index (χ0) is 17.5. The van der Waals surface area contributed by atoms with E-state index in [9.17, 15) is 4.79 Å². The second-order valence-corrected chi connectivity index (χ2v) is 7.36. The molecule has 0 fully saturated rings. The third kappa shape index (κ3) is 2.42. The SMILES string of the molecule is O=C1NCc2cccc(-c3cn(Sc4ccccc4)c4ccccc34)c21. The normalized spacial score (nSPS) is 13.0. The van der Waals surface area contributed by atoms with Gasteiger partial charge in [0.15, 0.2) is 0 Å². The van der Waals surface area contributed by atoms with Crippen LogP contribution in [0.15, 0.2) is 83.9 Å². The smallest absolute Gasteiger partial charge is 0.252 e. The Morgan fingerprint density at radius 3 is 2.54 bits per heavy atom. The molecule has 1 aliphatic rings. The van der Waals surface area contributed by atoms with Crippen molar-refractivity contribution >= 4 is 28.8 Å². The average Bonchev–Trinajstić information content (AvgIpc) is 3.24. The molecule has 1 N–H and O–H groups in total. The Kier molecular flexibility index (Phi) is 3.57. The zero-order valence-electron chi connectivity index (χ0n) is 14.0. The minimum atomic E-state index is 0.0168. The molecule has 0 atom stereocenters. The highest BCUT2D eigenvalue weighted by atomic mass is 32.2. The van der Waals surface area contributed by atoms with Crippen LogP contribution in [0, 0.1) is 0 Å². The van der Waals surface area contributed by atoms with Crippen molar-refractivity contribution in [3.8, 4) is 11.1 Å². The monoisotopic (exact) mass is 356 g/mol. The summed E-state index contributed by atoms with van der Waals surface area (Å²) in [6.45, 7) is 0.611. The molecule has 0 radical (unpaired) electrons. The van der Waals surface area contributed by atoms with E-state index in [0.717, 1.165) is 33.2 Å². The summed E-state index contributed by atoms with van der Waals surface area (Å²) in [7, 11) is 0. The number of para-hydroxylation sites is 1. The summed E-state index contributed by atoms with van der Waals surface area (Å²) in [5, 5.41) is 4.10. The first-order valence-corrected chi connectivity index (χ1v) is 9.32. The van der Waals surface area contributed by atoms with Crippen molar-refractivity contribution in [1.82, 2.24) is 9.29 Å². The van der Waals surface area contributed by atoms with Crippen molar-refractivity contribution in [2.75, 3.05) is 0 Å². The molecule has 26 heavy (non-hydrogen) atoms. The second-order valence-electron chi connectivity index (χ2n) is 6.31. The van der Waals surface area contributed by atoms with Crippen molar-refractivity contribution < 1.29 is 4.79 Å². The molecule has 0 aliphatic carbocycles. The van der Waals surface area contributed by atoms with Crippen molar-refractivity contribution in [1.29, 1.82) is 0 Å². The average molecular weight is 356 g/mol. The van der Waals surface area contributed by atoms with Crippen molar-refractivity contribution in [2.24, 2.45) is 0 Å². The van der Waals surface area contributed by atoms with Crippen LogP contribution in [0.25, 0.3) is 22.0 Å². The first kappa shape index (κ1) is 15.3. The molecular formula is C22H16N2OS. The highest BCUT2D eigenvalue weighted by Gasteiger charge is 2.24. The van der Waals surface area contributed by atoms with Crippen LogP contribution in [0.4, 0.5) is 0 Å². The van der Waals surface area contributed by atoms with E-state index in [0.29, 0.717) is 6.54 Å². The van der Waals surface area contributed by atoms with Gasteiger partial charge < -0.3 is 5.32 Å². The van der Waals surface area contributed by atoms with E-state index in [-0.39, 0.29) is 5.91 Å². The maximum absolute atomic E-state index is 12.4. The number of nitrogens with zero attached hydrogens (tertiary/aromatic N) is 1. The summed E-state index contributed by atoms with van der Waals surface area (Å²) < 4.78 is 2.19. The largest absolute Gasteiger partial charge is 0.348 e. The van der Waals surface area contributed by atoms with Gasteiger partial charge in [-0.2, -0.15) is 0 Å². The van der Waals surface area contributed by atoms with Gasteiger partial charge in [-0.25, -0.2) is 0 Å². The topological polar surface area (TPSA) is 34.0 Å². The lowest BCUT2D eigenvalue weighted by molar-refractivity contribution is 0.0966. The Morgan fingerprint density at radius 2 is 1.65 bits per heavy atom. The Bertz CT molecular complexity index is 1130. The minimum Gasteiger partial charge on any atom is -0.348 e. The summed E-state index contributed by atoms with van der Waals surface area (Å²) in [4.78, 5) is 13.5. The summed E-state index contributed by atoms with van der Waals surface area (Å²) in [5.74, 6) is 0.0168. The van der Waals surface area contributed by atoms with E-state index in [1.807, 2.05) is 42.5 Å². The third-order valence-corrected chi connectivity index (χ3v) is 5.71. The van der Waals surface area contributed by atoms with Crippen LogP contribution in [0.5, 0.6) is 0 Å². The summed E-state index contributed by atoms with van der Waals surface area (Å²) in [6.07, 6.45) is 2.14. The lowest BCUT2D eigenvalue weighted by Gasteiger charge is -2.05. The molecule has 3 aromatic carbocycles. The molecule has 3 nitrogen and oxygen atoms in total. The molecule has 1 aliphatic heterocycles. The van der Waals surface area contributed by atoms with Gasteiger partial charge >= 0.3 is 0 Å². The summed E-state index contributed by atoms with van der Waals surface area (Å²) in [6, 6.07) is 24.8. The molecule has 0 unspecified atom stereocenters. The fraction of sp³-hybridized carbons (Fsp3) is 0.0455. The van der Waals surface area contributed by atoms with E-state index in [4.69, 9.17) is 0 Å². The second kappa shape index (κ2) is 6.07. The Hall–Kier alpha value is -2.98. The van der Waals surface area contributed by atoms with Crippen LogP contribution in [0.1, 0.15) is 15.9 Å². The molecule has 126 valence electrons. The molecule has 2 heterocycles. The number of hydrogen-bond acceptors (Lipinski definition) is 2. The molecule has 1 amide bonds. The number of nitrogens with one attached hydrogen (secondary N) is 1. The molecule has 1 aromatic heterocycles. The Labute approximate surface area is 155 Å². The van der Waals surface area contributed by atoms with Gasteiger partial charge in [-0.05, 0) is 41.3 Å². The van der Waals surface area contributed by atoms with Gasteiger partial charge in [-0.3, -0.25) is 8.77 Å². The van der Waals surface area contributed by atoms with Crippen LogP contribution >= 0.6 is 11.9 Å². The molecule has 5 rings (SSSR count). The Balaban J connectivity index is 1.71. The van der Waals surface area contributed by atoms with Crippen molar-refractivity contribution in [3.05, 3.63) is 90.1 Å². The predicted octanol–water partition coefficient (Wildman–Crippen LogP) is 5.11. The number of carbonyl (C=O) groups is 1. The van der Waals surface area contributed by atoms with Crippen LogP contribution in [-0.2, 0) is 6.54 Å². The summed E-state index contributed by atoms with van der Waals surface area (Å²) >= 11 is 1.68. The maximum Gasteiger partial charge on any atom is 0.252 e. The molecule has 0 saturated heterocycles. The molecular weight excluding hydrogens is 340 g/mol. The minimum absolute atomic E-state index is 0.0168. The number of rotatable bonds is 3. The van der Waals surface area contributed by atoms with Crippen LogP contribution in [0.3, 0.4) is 0 Å². The van der Waals surface area contributed by atoms with Gasteiger partial charge in [0.25, 0.3) is 5.91 Å². The molecule has 0 spiro atoms. The highest BCUT2D eigenvalue weighted by Crippen LogP contribution is 2.38. The quantitative estimate of drug-likeness (QED) is 0.554. The molecule has 0 bridgehead atoms. The number of carbonyl (C=O) groups excluding carboxylic acids is 1. The van der Waals surface area contributed by atoms with E-state index in [1.165, 1.54) is 4.90 Å². The molecule has 4 aromatic rings.